The summed E-state index contributed by atoms with van der Waals surface area (Å²) in [5.74, 6) is 0.296. The first-order chi connectivity index (χ1) is 19.9. The molecule has 4 aromatic carbocycles. The van der Waals surface area contributed by atoms with E-state index >= 15 is 0 Å². The number of rotatable bonds is 9. The molecule has 0 saturated heterocycles. The monoisotopic (exact) mass is 553 g/mol. The highest BCUT2D eigenvalue weighted by Gasteiger charge is 2.18. The fourth-order valence-corrected chi connectivity index (χ4v) is 5.01. The van der Waals surface area contributed by atoms with Gasteiger partial charge in [-0.25, -0.2) is 4.39 Å². The minimum Gasteiger partial charge on any atom is -0.493 e. The number of anilines is 1. The zero-order valence-electron chi connectivity index (χ0n) is 23.1. The Hall–Kier alpha value is -4.69. The van der Waals surface area contributed by atoms with Crippen LogP contribution in [0.1, 0.15) is 43.0 Å². The molecule has 210 valence electrons. The molecule has 0 radical (unpaired) electrons. The maximum Gasteiger partial charge on any atom is 0.255 e. The van der Waals surface area contributed by atoms with Crippen LogP contribution < -0.4 is 20.1 Å². The van der Waals surface area contributed by atoms with Crippen molar-refractivity contribution in [2.75, 3.05) is 26.1 Å². The summed E-state index contributed by atoms with van der Waals surface area (Å²) < 4.78 is 24.1. The lowest BCUT2D eigenvalue weighted by molar-refractivity contribution is 0.0950. The van der Waals surface area contributed by atoms with Gasteiger partial charge < -0.3 is 20.1 Å². The van der Waals surface area contributed by atoms with Crippen LogP contribution in [-0.4, -0.2) is 37.5 Å². The van der Waals surface area contributed by atoms with E-state index in [0.717, 1.165) is 36.2 Å². The number of hydrogen-bond donors (Lipinski definition) is 2. The van der Waals surface area contributed by atoms with Crippen LogP contribution in [0.4, 0.5) is 10.1 Å². The molecule has 0 bridgehead atoms. The van der Waals surface area contributed by atoms with Crippen molar-refractivity contribution in [2.24, 2.45) is 0 Å². The number of fused-ring (bicyclic) bond motifs is 1. The summed E-state index contributed by atoms with van der Waals surface area (Å²) in [5, 5.41) is 5.89. The molecule has 1 aliphatic rings. The lowest BCUT2D eigenvalue weighted by Gasteiger charge is -2.29. The molecule has 2 amide bonds. The first kappa shape index (κ1) is 27.9. The van der Waals surface area contributed by atoms with Gasteiger partial charge in [-0.1, -0.05) is 30.3 Å². The third-order valence-corrected chi connectivity index (χ3v) is 7.14. The van der Waals surface area contributed by atoms with Gasteiger partial charge in [-0.2, -0.15) is 0 Å². The summed E-state index contributed by atoms with van der Waals surface area (Å²) in [6, 6.07) is 24.8. The molecule has 0 spiro atoms. The van der Waals surface area contributed by atoms with Crippen LogP contribution in [0.3, 0.4) is 0 Å². The number of hydrogen-bond acceptors (Lipinski definition) is 5. The number of benzene rings is 4. The smallest absolute Gasteiger partial charge is 0.255 e. The Labute approximate surface area is 238 Å². The van der Waals surface area contributed by atoms with Crippen LogP contribution >= 0.6 is 0 Å². The summed E-state index contributed by atoms with van der Waals surface area (Å²) in [6.45, 7) is 2.55. The van der Waals surface area contributed by atoms with Gasteiger partial charge in [-0.3, -0.25) is 14.5 Å². The molecule has 0 fully saturated rings. The number of methoxy groups -OCH3 is 2. The summed E-state index contributed by atoms with van der Waals surface area (Å²) in [4.78, 5) is 28.1. The second kappa shape index (κ2) is 12.7. The van der Waals surface area contributed by atoms with Crippen LogP contribution in [0, 0.1) is 5.82 Å². The standard InChI is InChI=1S/C33H32FN3O4/c1-40-30-12-10-26(18-31(30)41-2)32(38)35-19-22-5-3-7-25(15-22)33(39)36-29-11-9-24-13-14-37(21-27(24)17-29)20-23-6-4-8-28(34)16-23/h3-12,15-18H,13-14,19-21H2,1-2H3,(H,35,38)(H,36,39). The zero-order chi connectivity index (χ0) is 28.8. The second-order valence-electron chi connectivity index (χ2n) is 9.98. The average molecular weight is 554 g/mol. The van der Waals surface area contributed by atoms with Crippen molar-refractivity contribution in [3.05, 3.63) is 124 Å². The predicted molar refractivity (Wildman–Crippen MR) is 156 cm³/mol. The van der Waals surface area contributed by atoms with Gasteiger partial charge in [-0.05, 0) is 83.3 Å². The van der Waals surface area contributed by atoms with Crippen molar-refractivity contribution >= 4 is 17.5 Å². The molecule has 0 aromatic heterocycles. The summed E-state index contributed by atoms with van der Waals surface area (Å²) in [6.07, 6.45) is 0.899. The number of amides is 2. The molecule has 7 nitrogen and oxygen atoms in total. The number of carbonyl (C=O) groups is 2. The molecular formula is C33H32FN3O4. The van der Waals surface area contributed by atoms with Gasteiger partial charge in [0.1, 0.15) is 5.82 Å². The highest BCUT2D eigenvalue weighted by molar-refractivity contribution is 6.04. The normalized spacial score (nSPS) is 12.8. The third-order valence-electron chi connectivity index (χ3n) is 7.14. The highest BCUT2D eigenvalue weighted by Crippen LogP contribution is 2.28. The van der Waals surface area contributed by atoms with Crippen molar-refractivity contribution in [2.45, 2.75) is 26.1 Å². The van der Waals surface area contributed by atoms with E-state index in [4.69, 9.17) is 9.47 Å². The highest BCUT2D eigenvalue weighted by atomic mass is 19.1. The Kier molecular flexibility index (Phi) is 8.60. The van der Waals surface area contributed by atoms with Crippen molar-refractivity contribution in [3.63, 3.8) is 0 Å². The van der Waals surface area contributed by atoms with Gasteiger partial charge in [0.25, 0.3) is 11.8 Å². The van der Waals surface area contributed by atoms with Crippen LogP contribution in [0.2, 0.25) is 0 Å². The Balaban J connectivity index is 1.20. The summed E-state index contributed by atoms with van der Waals surface area (Å²) in [7, 11) is 3.06. The molecule has 2 N–H and O–H groups in total. The molecule has 4 aromatic rings. The Bertz CT molecular complexity index is 1570. The van der Waals surface area contributed by atoms with E-state index in [-0.39, 0.29) is 24.2 Å². The maximum absolute atomic E-state index is 13.6. The molecule has 41 heavy (non-hydrogen) atoms. The van der Waals surface area contributed by atoms with Gasteiger partial charge in [0.2, 0.25) is 0 Å². The molecule has 8 heteroatoms. The maximum atomic E-state index is 13.6. The number of halogens is 1. The minimum atomic E-state index is -0.263. The lowest BCUT2D eigenvalue weighted by Crippen LogP contribution is -2.30. The van der Waals surface area contributed by atoms with Gasteiger partial charge in [0, 0.05) is 43.0 Å². The Morgan fingerprint density at radius 2 is 1.59 bits per heavy atom. The van der Waals surface area contributed by atoms with Gasteiger partial charge in [0.15, 0.2) is 11.5 Å². The van der Waals surface area contributed by atoms with Crippen LogP contribution in [0.25, 0.3) is 0 Å². The third kappa shape index (κ3) is 6.91. The molecule has 1 heterocycles. The largest absolute Gasteiger partial charge is 0.493 e. The molecule has 1 aliphatic heterocycles. The van der Waals surface area contributed by atoms with E-state index in [1.54, 1.807) is 48.5 Å². The van der Waals surface area contributed by atoms with Crippen LogP contribution in [0.15, 0.2) is 84.9 Å². The quantitative estimate of drug-likeness (QED) is 0.283. The molecule has 0 atom stereocenters. The second-order valence-corrected chi connectivity index (χ2v) is 9.98. The molecule has 5 rings (SSSR count). The van der Waals surface area contributed by atoms with Crippen molar-refractivity contribution in [1.29, 1.82) is 0 Å². The first-order valence-corrected chi connectivity index (χ1v) is 13.4. The van der Waals surface area contributed by atoms with E-state index in [9.17, 15) is 14.0 Å². The fraction of sp³-hybridized carbons (Fsp3) is 0.212. The SMILES string of the molecule is COc1ccc(C(=O)NCc2cccc(C(=O)Nc3ccc4c(c3)CN(Cc3cccc(F)c3)CC4)c2)cc1OC. The first-order valence-electron chi connectivity index (χ1n) is 13.4. The number of ether oxygens (including phenoxy) is 2. The van der Waals surface area contributed by atoms with Crippen molar-refractivity contribution in [1.82, 2.24) is 10.2 Å². The van der Waals surface area contributed by atoms with Crippen molar-refractivity contribution in [3.8, 4) is 11.5 Å². The van der Waals surface area contributed by atoms with E-state index in [1.807, 2.05) is 24.3 Å². The molecule has 0 saturated carbocycles. The molecular weight excluding hydrogens is 521 g/mol. The van der Waals surface area contributed by atoms with E-state index in [0.29, 0.717) is 34.9 Å². The van der Waals surface area contributed by atoms with Crippen LogP contribution in [0.5, 0.6) is 11.5 Å². The topological polar surface area (TPSA) is 79.9 Å². The van der Waals surface area contributed by atoms with Crippen LogP contribution in [-0.2, 0) is 26.1 Å². The number of carbonyl (C=O) groups excluding carboxylic acids is 2. The summed E-state index contributed by atoms with van der Waals surface area (Å²) >= 11 is 0. The number of nitrogens with zero attached hydrogens (tertiary/aromatic N) is 1. The van der Waals surface area contributed by atoms with Gasteiger partial charge >= 0.3 is 0 Å². The van der Waals surface area contributed by atoms with Crippen molar-refractivity contribution < 1.29 is 23.5 Å². The van der Waals surface area contributed by atoms with E-state index in [2.05, 4.69) is 21.6 Å². The van der Waals surface area contributed by atoms with Gasteiger partial charge in [-0.15, -0.1) is 0 Å². The summed E-state index contributed by atoms with van der Waals surface area (Å²) in [5.41, 5.74) is 5.80. The van der Waals surface area contributed by atoms with E-state index < -0.39 is 0 Å². The van der Waals surface area contributed by atoms with Gasteiger partial charge in [0.05, 0.1) is 14.2 Å². The predicted octanol–water partition coefficient (Wildman–Crippen LogP) is 5.58. The zero-order valence-corrected chi connectivity index (χ0v) is 23.1. The molecule has 0 unspecified atom stereocenters. The van der Waals surface area contributed by atoms with E-state index in [1.165, 1.54) is 25.8 Å². The number of nitrogens with one attached hydrogen (secondary N) is 2. The average Bonchev–Trinajstić information content (AvgIpc) is 2.99. The lowest BCUT2D eigenvalue weighted by atomic mass is 9.98. The Morgan fingerprint density at radius 1 is 0.805 bits per heavy atom. The minimum absolute atomic E-state index is 0.228. The Morgan fingerprint density at radius 3 is 2.39 bits per heavy atom. The molecule has 0 aliphatic carbocycles. The fourth-order valence-electron chi connectivity index (χ4n) is 5.01.